The van der Waals surface area contributed by atoms with Crippen LogP contribution in [-0.2, 0) is 16.0 Å². The van der Waals surface area contributed by atoms with Gasteiger partial charge < -0.3 is 4.74 Å². The largest absolute Gasteiger partial charge is 0.462 e. The highest BCUT2D eigenvalue weighted by Gasteiger charge is 2.31. The number of aryl methyl sites for hydroxylation is 1. The standard InChI is InChI=1S/C30H40FNO2/c1-2-3-7-23-10-14-25(15-11-23)26-16-18-27(19-17-26)30(33)34-29-20-12-24(13-21-29)8-5-4-6-9-28(31)22-32/h4,6,9-11,14-15,24,26-27,29H,2-3,5,7-8,12-13,16-21H2,1H3/b6-4+,28-9?/t24?,26-,27-,29?. The average molecular weight is 466 g/mol. The zero-order chi connectivity index (χ0) is 24.2. The molecular weight excluding hydrogens is 425 g/mol. The number of allylic oxidation sites excluding steroid dienone is 4. The first-order chi connectivity index (χ1) is 16.6. The maximum absolute atomic E-state index is 12.8. The van der Waals surface area contributed by atoms with Gasteiger partial charge >= 0.3 is 5.97 Å². The third-order valence-electron chi connectivity index (χ3n) is 7.63. The van der Waals surface area contributed by atoms with Gasteiger partial charge in [0.25, 0.3) is 0 Å². The molecule has 184 valence electrons. The summed E-state index contributed by atoms with van der Waals surface area (Å²) in [7, 11) is 0. The van der Waals surface area contributed by atoms with Crippen molar-refractivity contribution in [3.05, 3.63) is 59.4 Å². The molecule has 1 aromatic rings. The Bertz CT molecular complexity index is 851. The van der Waals surface area contributed by atoms with E-state index in [-0.39, 0.29) is 18.0 Å². The molecule has 0 unspecified atom stereocenters. The molecule has 0 atom stereocenters. The molecule has 0 radical (unpaired) electrons. The summed E-state index contributed by atoms with van der Waals surface area (Å²) in [6.07, 6.45) is 18.4. The Morgan fingerprint density at radius 3 is 2.44 bits per heavy atom. The molecule has 0 heterocycles. The first-order valence-corrected chi connectivity index (χ1v) is 13.3. The van der Waals surface area contributed by atoms with Crippen molar-refractivity contribution in [2.45, 2.75) is 102 Å². The van der Waals surface area contributed by atoms with Crippen LogP contribution in [0.15, 0.2) is 48.3 Å². The molecule has 34 heavy (non-hydrogen) atoms. The second kappa shape index (κ2) is 14.1. The minimum atomic E-state index is -0.761. The van der Waals surface area contributed by atoms with Crippen LogP contribution in [0.2, 0.25) is 0 Å². The van der Waals surface area contributed by atoms with Crippen LogP contribution < -0.4 is 0 Å². The monoisotopic (exact) mass is 465 g/mol. The van der Waals surface area contributed by atoms with Gasteiger partial charge in [0.05, 0.1) is 5.92 Å². The highest BCUT2D eigenvalue weighted by Crippen LogP contribution is 2.37. The molecule has 3 rings (SSSR count). The van der Waals surface area contributed by atoms with E-state index in [1.165, 1.54) is 36.1 Å². The predicted molar refractivity (Wildman–Crippen MR) is 135 cm³/mol. The lowest BCUT2D eigenvalue weighted by molar-refractivity contribution is -0.157. The molecule has 0 saturated heterocycles. The van der Waals surface area contributed by atoms with Crippen molar-refractivity contribution in [3.8, 4) is 6.07 Å². The molecule has 2 aliphatic carbocycles. The molecule has 0 aliphatic heterocycles. The van der Waals surface area contributed by atoms with Crippen LogP contribution in [0.4, 0.5) is 4.39 Å². The first-order valence-electron chi connectivity index (χ1n) is 13.3. The Balaban J connectivity index is 1.33. The molecule has 0 aromatic heterocycles. The molecule has 1 aromatic carbocycles. The summed E-state index contributed by atoms with van der Waals surface area (Å²) in [6.45, 7) is 2.23. The van der Waals surface area contributed by atoms with Crippen LogP contribution in [0.1, 0.15) is 101 Å². The minimum absolute atomic E-state index is 0.0195. The van der Waals surface area contributed by atoms with Crippen LogP contribution in [-0.4, -0.2) is 12.1 Å². The van der Waals surface area contributed by atoms with Crippen LogP contribution in [0.5, 0.6) is 0 Å². The molecule has 0 amide bonds. The van der Waals surface area contributed by atoms with Crippen molar-refractivity contribution in [2.75, 3.05) is 0 Å². The average Bonchev–Trinajstić information content (AvgIpc) is 2.88. The first kappa shape index (κ1) is 26.2. The second-order valence-electron chi connectivity index (χ2n) is 10.1. The molecule has 4 heteroatoms. The van der Waals surface area contributed by atoms with E-state index >= 15 is 0 Å². The van der Waals surface area contributed by atoms with Gasteiger partial charge in [0, 0.05) is 0 Å². The lowest BCUT2D eigenvalue weighted by atomic mass is 9.78. The normalized spacial score (nSPS) is 25.7. The maximum atomic E-state index is 12.8. The van der Waals surface area contributed by atoms with Crippen molar-refractivity contribution in [1.82, 2.24) is 0 Å². The number of hydrogen-bond acceptors (Lipinski definition) is 3. The molecule has 2 fully saturated rings. The Morgan fingerprint density at radius 1 is 1.09 bits per heavy atom. The number of nitriles is 1. The highest BCUT2D eigenvalue weighted by molar-refractivity contribution is 5.72. The summed E-state index contributed by atoms with van der Waals surface area (Å²) < 4.78 is 18.7. The Hall–Kier alpha value is -2.41. The number of unbranched alkanes of at least 4 members (excludes halogenated alkanes) is 1. The zero-order valence-electron chi connectivity index (χ0n) is 20.7. The van der Waals surface area contributed by atoms with Crippen LogP contribution in [0.25, 0.3) is 0 Å². The van der Waals surface area contributed by atoms with Gasteiger partial charge in [-0.15, -0.1) is 0 Å². The third-order valence-corrected chi connectivity index (χ3v) is 7.63. The van der Waals surface area contributed by atoms with Gasteiger partial charge in [0.15, 0.2) is 5.83 Å². The van der Waals surface area contributed by atoms with Gasteiger partial charge in [-0.2, -0.15) is 9.65 Å². The van der Waals surface area contributed by atoms with E-state index in [2.05, 4.69) is 31.2 Å². The van der Waals surface area contributed by atoms with Gasteiger partial charge in [-0.25, -0.2) is 0 Å². The Labute approximate surface area is 205 Å². The number of esters is 1. The van der Waals surface area contributed by atoms with Crippen molar-refractivity contribution in [2.24, 2.45) is 11.8 Å². The number of rotatable bonds is 10. The van der Waals surface area contributed by atoms with Crippen LogP contribution in [0, 0.1) is 23.2 Å². The molecule has 3 nitrogen and oxygen atoms in total. The second-order valence-corrected chi connectivity index (χ2v) is 10.1. The topological polar surface area (TPSA) is 50.1 Å². The number of benzene rings is 1. The van der Waals surface area contributed by atoms with E-state index in [1.54, 1.807) is 6.08 Å². The smallest absolute Gasteiger partial charge is 0.309 e. The minimum Gasteiger partial charge on any atom is -0.462 e. The van der Waals surface area contributed by atoms with E-state index in [0.29, 0.717) is 11.8 Å². The van der Waals surface area contributed by atoms with Crippen LogP contribution in [0.3, 0.4) is 0 Å². The zero-order valence-corrected chi connectivity index (χ0v) is 20.7. The van der Waals surface area contributed by atoms with Crippen molar-refractivity contribution < 1.29 is 13.9 Å². The van der Waals surface area contributed by atoms with Gasteiger partial charge in [0.2, 0.25) is 0 Å². The molecule has 2 aliphatic rings. The van der Waals surface area contributed by atoms with E-state index < -0.39 is 5.83 Å². The number of ether oxygens (including phenoxy) is 1. The number of halogens is 1. The molecule has 2 saturated carbocycles. The van der Waals surface area contributed by atoms with E-state index in [9.17, 15) is 9.18 Å². The Kier molecular flexibility index (Phi) is 10.9. The van der Waals surface area contributed by atoms with Gasteiger partial charge in [0.1, 0.15) is 12.2 Å². The quantitative estimate of drug-likeness (QED) is 0.199. The fraction of sp³-hybridized carbons (Fsp3) is 0.600. The maximum Gasteiger partial charge on any atom is 0.309 e. The van der Waals surface area contributed by atoms with E-state index in [4.69, 9.17) is 10.00 Å². The summed E-state index contributed by atoms with van der Waals surface area (Å²) in [4.78, 5) is 12.8. The Morgan fingerprint density at radius 2 is 1.79 bits per heavy atom. The summed E-state index contributed by atoms with van der Waals surface area (Å²) in [5.74, 6) is 0.521. The van der Waals surface area contributed by atoms with Gasteiger partial charge in [-0.3, -0.25) is 4.79 Å². The highest BCUT2D eigenvalue weighted by atomic mass is 19.1. The van der Waals surface area contributed by atoms with Crippen LogP contribution >= 0.6 is 0 Å². The summed E-state index contributed by atoms with van der Waals surface area (Å²) in [6, 6.07) is 10.6. The predicted octanol–water partition coefficient (Wildman–Crippen LogP) is 8.12. The van der Waals surface area contributed by atoms with E-state index in [1.807, 2.05) is 6.08 Å². The SMILES string of the molecule is CCCCc1ccc([C@H]2CC[C@H](C(=O)OC3CCC(CC/C=C/C=C(F)C#N)CC3)CC2)cc1. The number of nitrogens with zero attached hydrogens (tertiary/aromatic N) is 1. The van der Waals surface area contributed by atoms with Crippen molar-refractivity contribution in [1.29, 1.82) is 5.26 Å². The molecule has 0 spiro atoms. The van der Waals surface area contributed by atoms with E-state index in [0.717, 1.165) is 70.6 Å². The number of carbonyl (C=O) groups is 1. The van der Waals surface area contributed by atoms with Crippen molar-refractivity contribution in [3.63, 3.8) is 0 Å². The van der Waals surface area contributed by atoms with Gasteiger partial charge in [-0.05, 0) is 106 Å². The summed E-state index contributed by atoms with van der Waals surface area (Å²) in [5.41, 5.74) is 2.85. The fourth-order valence-electron chi connectivity index (χ4n) is 5.42. The third kappa shape index (κ3) is 8.42. The molecule has 0 bridgehead atoms. The fourth-order valence-corrected chi connectivity index (χ4v) is 5.42. The molecular formula is C30H40FNO2. The number of carbonyl (C=O) groups excluding carboxylic acids is 1. The summed E-state index contributed by atoms with van der Waals surface area (Å²) >= 11 is 0. The lowest BCUT2D eigenvalue weighted by Crippen LogP contribution is -2.29. The molecule has 0 N–H and O–H groups in total. The van der Waals surface area contributed by atoms with Crippen molar-refractivity contribution >= 4 is 5.97 Å². The lowest BCUT2D eigenvalue weighted by Gasteiger charge is -2.31. The summed E-state index contributed by atoms with van der Waals surface area (Å²) in [5, 5.41) is 8.39. The van der Waals surface area contributed by atoms with Gasteiger partial charge in [-0.1, -0.05) is 49.8 Å². The number of hydrogen-bond donors (Lipinski definition) is 0.